The summed E-state index contributed by atoms with van der Waals surface area (Å²) in [5.74, 6) is 1.42. The zero-order valence-corrected chi connectivity index (χ0v) is 13.3. The Morgan fingerprint density at radius 1 is 1.19 bits per heavy atom. The third-order valence-corrected chi connectivity index (χ3v) is 4.62. The maximum absolute atomic E-state index is 12.0. The normalized spacial score (nSPS) is 17.4. The molecule has 1 atom stereocenters. The van der Waals surface area contributed by atoms with Crippen molar-refractivity contribution in [3.8, 4) is 0 Å². The SMILES string of the molecule is CC(CCc1ccccc1)CC(=O)NCC1CCCCC1. The average Bonchev–Trinajstić information content (AvgIpc) is 2.53. The molecule has 0 aromatic heterocycles. The lowest BCUT2D eigenvalue weighted by atomic mass is 9.89. The van der Waals surface area contributed by atoms with Gasteiger partial charge in [-0.2, -0.15) is 0 Å². The van der Waals surface area contributed by atoms with E-state index in [1.54, 1.807) is 0 Å². The highest BCUT2D eigenvalue weighted by Crippen LogP contribution is 2.22. The van der Waals surface area contributed by atoms with Crippen LogP contribution in [0, 0.1) is 11.8 Å². The van der Waals surface area contributed by atoms with E-state index in [1.165, 1.54) is 37.7 Å². The van der Waals surface area contributed by atoms with Gasteiger partial charge in [-0.15, -0.1) is 0 Å². The van der Waals surface area contributed by atoms with E-state index in [1.807, 2.05) is 6.07 Å². The molecule has 1 aromatic rings. The highest BCUT2D eigenvalue weighted by Gasteiger charge is 2.15. The van der Waals surface area contributed by atoms with Crippen molar-refractivity contribution in [2.75, 3.05) is 6.54 Å². The second-order valence-corrected chi connectivity index (χ2v) is 6.64. The Kier molecular flexibility index (Phi) is 6.78. The van der Waals surface area contributed by atoms with Crippen LogP contribution in [0.15, 0.2) is 30.3 Å². The summed E-state index contributed by atoms with van der Waals surface area (Å²) in [6.45, 7) is 3.08. The monoisotopic (exact) mass is 287 g/mol. The summed E-state index contributed by atoms with van der Waals surface area (Å²) < 4.78 is 0. The lowest BCUT2D eigenvalue weighted by Crippen LogP contribution is -2.31. The van der Waals surface area contributed by atoms with Crippen molar-refractivity contribution in [1.29, 1.82) is 0 Å². The number of aryl methyl sites for hydroxylation is 1. The van der Waals surface area contributed by atoms with Crippen LogP contribution in [0.2, 0.25) is 0 Å². The molecule has 0 bridgehead atoms. The fourth-order valence-corrected chi connectivity index (χ4v) is 3.20. The van der Waals surface area contributed by atoms with Crippen molar-refractivity contribution in [3.05, 3.63) is 35.9 Å². The largest absolute Gasteiger partial charge is 0.356 e. The van der Waals surface area contributed by atoms with Crippen molar-refractivity contribution in [2.45, 2.75) is 58.3 Å². The Hall–Kier alpha value is -1.31. The predicted octanol–water partition coefficient (Wildman–Crippen LogP) is 4.34. The number of amides is 1. The molecule has 2 nitrogen and oxygen atoms in total. The number of benzene rings is 1. The summed E-state index contributed by atoms with van der Waals surface area (Å²) in [5, 5.41) is 3.14. The second-order valence-electron chi connectivity index (χ2n) is 6.64. The van der Waals surface area contributed by atoms with E-state index in [0.717, 1.165) is 25.3 Å². The van der Waals surface area contributed by atoms with Crippen LogP contribution in [-0.2, 0) is 11.2 Å². The molecular weight excluding hydrogens is 258 g/mol. The van der Waals surface area contributed by atoms with Gasteiger partial charge in [0.05, 0.1) is 0 Å². The molecule has 0 heterocycles. The van der Waals surface area contributed by atoms with E-state index in [9.17, 15) is 4.79 Å². The topological polar surface area (TPSA) is 29.1 Å². The molecule has 1 aliphatic carbocycles. The van der Waals surface area contributed by atoms with Crippen LogP contribution in [0.25, 0.3) is 0 Å². The molecule has 0 spiro atoms. The number of hydrogen-bond acceptors (Lipinski definition) is 1. The third kappa shape index (κ3) is 6.33. The number of nitrogens with one attached hydrogen (secondary N) is 1. The van der Waals surface area contributed by atoms with E-state index in [-0.39, 0.29) is 5.91 Å². The first kappa shape index (κ1) is 16.1. The Morgan fingerprint density at radius 3 is 2.62 bits per heavy atom. The number of rotatable bonds is 7. The van der Waals surface area contributed by atoms with Gasteiger partial charge in [-0.25, -0.2) is 0 Å². The van der Waals surface area contributed by atoms with Gasteiger partial charge >= 0.3 is 0 Å². The maximum Gasteiger partial charge on any atom is 0.220 e. The summed E-state index contributed by atoms with van der Waals surface area (Å²) in [7, 11) is 0. The Bertz CT molecular complexity index is 409. The summed E-state index contributed by atoms with van der Waals surface area (Å²) in [6, 6.07) is 10.5. The lowest BCUT2D eigenvalue weighted by Gasteiger charge is -2.22. The fourth-order valence-electron chi connectivity index (χ4n) is 3.20. The summed E-state index contributed by atoms with van der Waals surface area (Å²) in [6.07, 6.45) is 9.47. The number of carbonyl (C=O) groups is 1. The first-order valence-electron chi connectivity index (χ1n) is 8.54. The fraction of sp³-hybridized carbons (Fsp3) is 0.632. The predicted molar refractivity (Wildman–Crippen MR) is 88.1 cm³/mol. The Morgan fingerprint density at radius 2 is 1.90 bits per heavy atom. The van der Waals surface area contributed by atoms with E-state index in [0.29, 0.717) is 12.3 Å². The van der Waals surface area contributed by atoms with Gasteiger partial charge in [0, 0.05) is 13.0 Å². The van der Waals surface area contributed by atoms with E-state index >= 15 is 0 Å². The van der Waals surface area contributed by atoms with Gasteiger partial charge in [-0.1, -0.05) is 56.5 Å². The van der Waals surface area contributed by atoms with Crippen LogP contribution in [0.4, 0.5) is 0 Å². The molecule has 2 rings (SSSR count). The highest BCUT2D eigenvalue weighted by molar-refractivity contribution is 5.76. The molecular formula is C19H29NO. The second kappa shape index (κ2) is 8.86. The smallest absolute Gasteiger partial charge is 0.220 e. The highest BCUT2D eigenvalue weighted by atomic mass is 16.1. The van der Waals surface area contributed by atoms with E-state index in [4.69, 9.17) is 0 Å². The number of carbonyl (C=O) groups excluding carboxylic acids is 1. The van der Waals surface area contributed by atoms with Gasteiger partial charge in [0.15, 0.2) is 0 Å². The molecule has 0 saturated heterocycles. The summed E-state index contributed by atoms with van der Waals surface area (Å²) >= 11 is 0. The van der Waals surface area contributed by atoms with Crippen molar-refractivity contribution in [2.24, 2.45) is 11.8 Å². The molecule has 1 saturated carbocycles. The Labute approximate surface area is 129 Å². The molecule has 2 heteroatoms. The quantitative estimate of drug-likeness (QED) is 0.794. The molecule has 116 valence electrons. The van der Waals surface area contributed by atoms with Gasteiger partial charge in [0.2, 0.25) is 5.91 Å². The molecule has 0 radical (unpaired) electrons. The molecule has 1 fully saturated rings. The van der Waals surface area contributed by atoms with Crippen molar-refractivity contribution in [3.63, 3.8) is 0 Å². The maximum atomic E-state index is 12.0. The van der Waals surface area contributed by atoms with Crippen molar-refractivity contribution in [1.82, 2.24) is 5.32 Å². The van der Waals surface area contributed by atoms with Gasteiger partial charge < -0.3 is 5.32 Å². The Balaban J connectivity index is 1.60. The van der Waals surface area contributed by atoms with Gasteiger partial charge in [0.25, 0.3) is 0 Å². The standard InChI is InChI=1S/C19H29NO/c1-16(12-13-17-8-4-2-5-9-17)14-19(21)20-15-18-10-6-3-7-11-18/h2,4-5,8-9,16,18H,3,6-7,10-15H2,1H3,(H,20,21). The lowest BCUT2D eigenvalue weighted by molar-refractivity contribution is -0.122. The minimum absolute atomic E-state index is 0.237. The van der Waals surface area contributed by atoms with Gasteiger partial charge in [0.1, 0.15) is 0 Å². The molecule has 1 amide bonds. The van der Waals surface area contributed by atoms with Gasteiger partial charge in [-0.3, -0.25) is 4.79 Å². The van der Waals surface area contributed by atoms with Crippen molar-refractivity contribution >= 4 is 5.91 Å². The minimum Gasteiger partial charge on any atom is -0.356 e. The molecule has 1 aromatic carbocycles. The molecule has 1 N–H and O–H groups in total. The van der Waals surface area contributed by atoms with Crippen LogP contribution >= 0.6 is 0 Å². The third-order valence-electron chi connectivity index (χ3n) is 4.62. The van der Waals surface area contributed by atoms with Crippen molar-refractivity contribution < 1.29 is 4.79 Å². The van der Waals surface area contributed by atoms with Crippen LogP contribution in [0.5, 0.6) is 0 Å². The molecule has 21 heavy (non-hydrogen) atoms. The van der Waals surface area contributed by atoms with Crippen LogP contribution in [0.3, 0.4) is 0 Å². The van der Waals surface area contributed by atoms with Crippen LogP contribution in [-0.4, -0.2) is 12.5 Å². The van der Waals surface area contributed by atoms with Crippen LogP contribution in [0.1, 0.15) is 57.4 Å². The van der Waals surface area contributed by atoms with Gasteiger partial charge in [-0.05, 0) is 43.1 Å². The number of hydrogen-bond donors (Lipinski definition) is 1. The first-order chi connectivity index (χ1) is 10.2. The summed E-state index contributed by atoms with van der Waals surface area (Å²) in [5.41, 5.74) is 1.37. The average molecular weight is 287 g/mol. The first-order valence-corrected chi connectivity index (χ1v) is 8.54. The van der Waals surface area contributed by atoms with E-state index < -0.39 is 0 Å². The molecule has 1 aliphatic rings. The van der Waals surface area contributed by atoms with Crippen LogP contribution < -0.4 is 5.32 Å². The molecule has 1 unspecified atom stereocenters. The zero-order valence-electron chi connectivity index (χ0n) is 13.3. The zero-order chi connectivity index (χ0) is 14.9. The molecule has 0 aliphatic heterocycles. The van der Waals surface area contributed by atoms with E-state index in [2.05, 4.69) is 36.5 Å². The summed E-state index contributed by atoms with van der Waals surface area (Å²) in [4.78, 5) is 12.0. The minimum atomic E-state index is 0.237.